The van der Waals surface area contributed by atoms with Gasteiger partial charge in [0.05, 0.1) is 5.02 Å². The van der Waals surface area contributed by atoms with Crippen LogP contribution in [-0.2, 0) is 16.1 Å². The molecule has 0 atom stereocenters. The fourth-order valence-corrected chi connectivity index (χ4v) is 1.68. The Morgan fingerprint density at radius 1 is 1.09 bits per heavy atom. The Labute approximate surface area is 129 Å². The van der Waals surface area contributed by atoms with Gasteiger partial charge in [0.2, 0.25) is 0 Å². The van der Waals surface area contributed by atoms with E-state index in [1.165, 1.54) is 24.4 Å². The molecule has 2 N–H and O–H groups in total. The predicted octanol–water partition coefficient (Wildman–Crippen LogP) is 2.27. The van der Waals surface area contributed by atoms with Crippen molar-refractivity contribution in [3.05, 3.63) is 58.7 Å². The minimum atomic E-state index is -1.04. The number of pyridine rings is 1. The highest BCUT2D eigenvalue weighted by molar-refractivity contribution is 6.39. The molecular weight excluding hydrogens is 316 g/mol. The SMILES string of the molecule is O=C(NCc1c(F)cccc1F)C(=O)Nc1ccc(Cl)cn1. The van der Waals surface area contributed by atoms with Gasteiger partial charge in [0.15, 0.2) is 0 Å². The van der Waals surface area contributed by atoms with Crippen molar-refractivity contribution in [3.8, 4) is 0 Å². The molecule has 2 amide bonds. The lowest BCUT2D eigenvalue weighted by molar-refractivity contribution is -0.136. The van der Waals surface area contributed by atoms with E-state index in [2.05, 4.69) is 15.6 Å². The van der Waals surface area contributed by atoms with Crippen LogP contribution in [-0.4, -0.2) is 16.8 Å². The van der Waals surface area contributed by atoms with Gasteiger partial charge < -0.3 is 10.6 Å². The summed E-state index contributed by atoms with van der Waals surface area (Å²) in [7, 11) is 0. The van der Waals surface area contributed by atoms with Crippen molar-refractivity contribution in [1.29, 1.82) is 0 Å². The average Bonchev–Trinajstić information content (AvgIpc) is 2.48. The number of benzene rings is 1. The smallest absolute Gasteiger partial charge is 0.314 e. The summed E-state index contributed by atoms with van der Waals surface area (Å²) >= 11 is 5.63. The summed E-state index contributed by atoms with van der Waals surface area (Å²) in [5.74, 6) is -3.53. The van der Waals surface area contributed by atoms with E-state index in [0.717, 1.165) is 12.1 Å². The second-order valence-electron chi connectivity index (χ2n) is 4.20. The van der Waals surface area contributed by atoms with Gasteiger partial charge in [0.25, 0.3) is 0 Å². The summed E-state index contributed by atoms with van der Waals surface area (Å²) in [6.45, 7) is -0.446. The lowest BCUT2D eigenvalue weighted by Gasteiger charge is -2.07. The molecule has 0 spiro atoms. The highest BCUT2D eigenvalue weighted by Crippen LogP contribution is 2.12. The van der Waals surface area contributed by atoms with Gasteiger partial charge in [-0.15, -0.1) is 0 Å². The zero-order chi connectivity index (χ0) is 16.1. The molecule has 0 aliphatic heterocycles. The highest BCUT2D eigenvalue weighted by atomic mass is 35.5. The van der Waals surface area contributed by atoms with Gasteiger partial charge in [-0.2, -0.15) is 0 Å². The van der Waals surface area contributed by atoms with E-state index in [9.17, 15) is 18.4 Å². The van der Waals surface area contributed by atoms with Gasteiger partial charge in [0.1, 0.15) is 17.5 Å². The third kappa shape index (κ3) is 3.98. The van der Waals surface area contributed by atoms with Crippen molar-refractivity contribution in [3.63, 3.8) is 0 Å². The summed E-state index contributed by atoms with van der Waals surface area (Å²) in [5.41, 5.74) is -0.326. The van der Waals surface area contributed by atoms with E-state index in [1.807, 2.05) is 0 Å². The summed E-state index contributed by atoms with van der Waals surface area (Å²) in [4.78, 5) is 27.0. The Kier molecular flexibility index (Phi) is 5.00. The quantitative estimate of drug-likeness (QED) is 0.850. The molecule has 2 aromatic rings. The number of carbonyl (C=O) groups is 2. The third-order valence-electron chi connectivity index (χ3n) is 2.66. The van der Waals surface area contributed by atoms with Gasteiger partial charge in [-0.05, 0) is 24.3 Å². The minimum Gasteiger partial charge on any atom is -0.344 e. The van der Waals surface area contributed by atoms with Gasteiger partial charge in [0, 0.05) is 18.3 Å². The van der Waals surface area contributed by atoms with Gasteiger partial charge in [-0.25, -0.2) is 13.8 Å². The van der Waals surface area contributed by atoms with Crippen LogP contribution in [0.3, 0.4) is 0 Å². The number of hydrogen-bond acceptors (Lipinski definition) is 3. The maximum absolute atomic E-state index is 13.4. The number of aromatic nitrogens is 1. The van der Waals surface area contributed by atoms with E-state index in [4.69, 9.17) is 11.6 Å². The lowest BCUT2D eigenvalue weighted by atomic mass is 10.2. The molecule has 2 rings (SSSR count). The first-order chi connectivity index (χ1) is 10.5. The first kappa shape index (κ1) is 15.8. The monoisotopic (exact) mass is 325 g/mol. The number of nitrogens with one attached hydrogen (secondary N) is 2. The van der Waals surface area contributed by atoms with Crippen LogP contribution in [0.15, 0.2) is 36.5 Å². The number of halogens is 3. The molecule has 8 heteroatoms. The predicted molar refractivity (Wildman–Crippen MR) is 76.1 cm³/mol. The zero-order valence-electron chi connectivity index (χ0n) is 11.1. The number of rotatable bonds is 3. The van der Waals surface area contributed by atoms with Gasteiger partial charge in [-0.1, -0.05) is 17.7 Å². The second-order valence-corrected chi connectivity index (χ2v) is 4.64. The standard InChI is InChI=1S/C14H10ClF2N3O2/c15-8-4-5-12(18-6-8)20-14(22)13(21)19-7-9-10(16)2-1-3-11(9)17/h1-6H,7H2,(H,19,21)(H,18,20,22). The van der Waals surface area contributed by atoms with Crippen LogP contribution < -0.4 is 10.6 Å². The van der Waals surface area contributed by atoms with Crippen LogP contribution in [0.4, 0.5) is 14.6 Å². The highest BCUT2D eigenvalue weighted by Gasteiger charge is 2.16. The fraction of sp³-hybridized carbons (Fsp3) is 0.0714. The summed E-state index contributed by atoms with van der Waals surface area (Å²) in [6, 6.07) is 6.21. The summed E-state index contributed by atoms with van der Waals surface area (Å²) < 4.78 is 26.7. The van der Waals surface area contributed by atoms with Crippen molar-refractivity contribution in [2.75, 3.05) is 5.32 Å². The molecule has 114 valence electrons. The molecule has 5 nitrogen and oxygen atoms in total. The molecule has 1 aromatic heterocycles. The Bertz CT molecular complexity index is 687. The zero-order valence-corrected chi connectivity index (χ0v) is 11.8. The minimum absolute atomic E-state index is 0.127. The topological polar surface area (TPSA) is 71.1 Å². The fourth-order valence-electron chi connectivity index (χ4n) is 1.57. The van der Waals surface area contributed by atoms with Crippen LogP contribution in [0.1, 0.15) is 5.56 Å². The molecule has 1 aromatic carbocycles. The van der Waals surface area contributed by atoms with Crippen LogP contribution in [0.5, 0.6) is 0 Å². The molecule has 0 bridgehead atoms. The van der Waals surface area contributed by atoms with Crippen LogP contribution in [0.2, 0.25) is 5.02 Å². The second kappa shape index (κ2) is 6.95. The van der Waals surface area contributed by atoms with Crippen LogP contribution >= 0.6 is 11.6 Å². The summed E-state index contributed by atoms with van der Waals surface area (Å²) in [5, 5.41) is 4.73. The van der Waals surface area contributed by atoms with E-state index in [1.54, 1.807) is 0 Å². The Balaban J connectivity index is 1.94. The molecule has 0 saturated heterocycles. The Morgan fingerprint density at radius 2 is 1.77 bits per heavy atom. The van der Waals surface area contributed by atoms with E-state index < -0.39 is 30.0 Å². The van der Waals surface area contributed by atoms with Gasteiger partial charge in [-0.3, -0.25) is 9.59 Å². The first-order valence-corrected chi connectivity index (χ1v) is 6.49. The maximum atomic E-state index is 13.4. The Morgan fingerprint density at radius 3 is 2.36 bits per heavy atom. The van der Waals surface area contributed by atoms with Crippen molar-refractivity contribution >= 4 is 29.2 Å². The molecule has 0 aliphatic carbocycles. The van der Waals surface area contributed by atoms with Crippen molar-refractivity contribution in [2.45, 2.75) is 6.54 Å². The summed E-state index contributed by atoms with van der Waals surface area (Å²) in [6.07, 6.45) is 1.30. The molecule has 1 heterocycles. The molecule has 22 heavy (non-hydrogen) atoms. The maximum Gasteiger partial charge on any atom is 0.314 e. The molecule has 0 aliphatic rings. The number of amides is 2. The third-order valence-corrected chi connectivity index (χ3v) is 2.89. The van der Waals surface area contributed by atoms with Gasteiger partial charge >= 0.3 is 11.8 Å². The lowest BCUT2D eigenvalue weighted by Crippen LogP contribution is -2.35. The van der Waals surface area contributed by atoms with E-state index >= 15 is 0 Å². The van der Waals surface area contributed by atoms with E-state index in [-0.39, 0.29) is 11.4 Å². The van der Waals surface area contributed by atoms with Crippen molar-refractivity contribution in [2.24, 2.45) is 0 Å². The van der Waals surface area contributed by atoms with Crippen molar-refractivity contribution in [1.82, 2.24) is 10.3 Å². The number of nitrogens with zero attached hydrogens (tertiary/aromatic N) is 1. The number of hydrogen-bond donors (Lipinski definition) is 2. The average molecular weight is 326 g/mol. The normalized spacial score (nSPS) is 10.1. The van der Waals surface area contributed by atoms with Crippen molar-refractivity contribution < 1.29 is 18.4 Å². The number of carbonyl (C=O) groups excluding carboxylic acids is 2. The van der Waals surface area contributed by atoms with Crippen LogP contribution in [0, 0.1) is 11.6 Å². The molecule has 0 unspecified atom stereocenters. The number of anilines is 1. The molecule has 0 fully saturated rings. The van der Waals surface area contributed by atoms with Crippen LogP contribution in [0.25, 0.3) is 0 Å². The first-order valence-electron chi connectivity index (χ1n) is 6.11. The largest absolute Gasteiger partial charge is 0.344 e. The molecular formula is C14H10ClF2N3O2. The molecule has 0 saturated carbocycles. The van der Waals surface area contributed by atoms with E-state index in [0.29, 0.717) is 5.02 Å². The Hall–Kier alpha value is -2.54. The molecule has 0 radical (unpaired) electrons.